The van der Waals surface area contributed by atoms with Crippen molar-refractivity contribution < 1.29 is 14.6 Å². The molecule has 1 heterocycles. The number of rotatable bonds is 4. The molecule has 0 saturated carbocycles. The third-order valence-electron chi connectivity index (χ3n) is 2.66. The Morgan fingerprint density at radius 3 is 2.50 bits per heavy atom. The highest BCUT2D eigenvalue weighted by molar-refractivity contribution is 9.11. The van der Waals surface area contributed by atoms with Crippen molar-refractivity contribution in [3.63, 3.8) is 0 Å². The first-order valence-corrected chi connectivity index (χ1v) is 7.45. The van der Waals surface area contributed by atoms with Gasteiger partial charge in [0.25, 0.3) is 0 Å². The number of halogens is 2. The summed E-state index contributed by atoms with van der Waals surface area (Å²) in [4.78, 5) is 4.16. The molecule has 0 aliphatic heterocycles. The van der Waals surface area contributed by atoms with E-state index in [9.17, 15) is 5.11 Å². The minimum absolute atomic E-state index is 0.375. The van der Waals surface area contributed by atoms with Gasteiger partial charge >= 0.3 is 0 Å². The third-order valence-corrected chi connectivity index (χ3v) is 3.90. The lowest BCUT2D eigenvalue weighted by molar-refractivity contribution is 0.194. The van der Waals surface area contributed by atoms with Crippen molar-refractivity contribution in [2.45, 2.75) is 13.0 Å². The lowest BCUT2D eigenvalue weighted by atomic mass is 10.2. The van der Waals surface area contributed by atoms with Crippen molar-refractivity contribution in [1.82, 2.24) is 4.98 Å². The highest BCUT2D eigenvalue weighted by atomic mass is 79.9. The van der Waals surface area contributed by atoms with E-state index in [0.717, 1.165) is 8.95 Å². The fraction of sp³-hybridized carbons (Fsp3) is 0.214. The molecule has 0 amide bonds. The summed E-state index contributed by atoms with van der Waals surface area (Å²) in [6.45, 7) is 1.67. The van der Waals surface area contributed by atoms with Crippen LogP contribution in [-0.4, -0.2) is 17.2 Å². The van der Waals surface area contributed by atoms with Gasteiger partial charge in [-0.15, -0.1) is 0 Å². The van der Waals surface area contributed by atoms with Crippen molar-refractivity contribution in [3.05, 3.63) is 45.0 Å². The molecule has 0 saturated heterocycles. The van der Waals surface area contributed by atoms with Gasteiger partial charge in [0, 0.05) is 11.8 Å². The molecule has 4 nitrogen and oxygen atoms in total. The molecule has 2 aromatic rings. The van der Waals surface area contributed by atoms with Crippen LogP contribution in [0.3, 0.4) is 0 Å². The van der Waals surface area contributed by atoms with Gasteiger partial charge in [-0.2, -0.15) is 0 Å². The van der Waals surface area contributed by atoms with Crippen molar-refractivity contribution in [2.75, 3.05) is 7.11 Å². The molecule has 1 aromatic carbocycles. The fourth-order valence-corrected chi connectivity index (χ4v) is 2.54. The zero-order valence-electron chi connectivity index (χ0n) is 10.9. The second kappa shape index (κ2) is 6.56. The average molecular weight is 403 g/mol. The monoisotopic (exact) mass is 401 g/mol. The smallest absolute Gasteiger partial charge is 0.225 e. The van der Waals surface area contributed by atoms with Crippen LogP contribution >= 0.6 is 31.9 Å². The van der Waals surface area contributed by atoms with Crippen molar-refractivity contribution in [2.24, 2.45) is 0 Å². The molecular formula is C14H13Br2NO3. The normalized spacial score (nSPS) is 12.1. The predicted octanol–water partition coefficient (Wildman–Crippen LogP) is 4.46. The molecule has 106 valence electrons. The first-order valence-electron chi connectivity index (χ1n) is 5.86. The minimum atomic E-state index is -0.654. The van der Waals surface area contributed by atoms with E-state index < -0.39 is 6.10 Å². The van der Waals surface area contributed by atoms with E-state index in [4.69, 9.17) is 9.47 Å². The van der Waals surface area contributed by atoms with Gasteiger partial charge < -0.3 is 14.6 Å². The predicted molar refractivity (Wildman–Crippen MR) is 83.3 cm³/mol. The average Bonchev–Trinajstić information content (AvgIpc) is 2.42. The number of aliphatic hydroxyl groups is 1. The van der Waals surface area contributed by atoms with Gasteiger partial charge in [-0.1, -0.05) is 0 Å². The van der Waals surface area contributed by atoms with Crippen LogP contribution in [0.25, 0.3) is 0 Å². The molecule has 0 radical (unpaired) electrons. The Morgan fingerprint density at radius 2 is 1.85 bits per heavy atom. The topological polar surface area (TPSA) is 51.6 Å². The maximum absolute atomic E-state index is 9.73. The molecule has 6 heteroatoms. The summed E-state index contributed by atoms with van der Waals surface area (Å²) >= 11 is 6.83. The quantitative estimate of drug-likeness (QED) is 0.820. The molecule has 2 rings (SSSR count). The van der Waals surface area contributed by atoms with Crippen LogP contribution in [0.4, 0.5) is 0 Å². The zero-order valence-corrected chi connectivity index (χ0v) is 14.1. The summed E-state index contributed by atoms with van der Waals surface area (Å²) in [6.07, 6.45) is 0.965. The molecule has 0 fully saturated rings. The molecule has 0 unspecified atom stereocenters. The standard InChI is InChI=1S/C14H13Br2NO3/c1-8(18)9-4-3-5-17-14(9)20-13-7-10(15)12(19-2)6-11(13)16/h3-8,18H,1-2H3/t8-/m0/s1. The van der Waals surface area contributed by atoms with Crippen molar-refractivity contribution in [3.8, 4) is 17.4 Å². The number of hydrogen-bond donors (Lipinski definition) is 1. The summed E-state index contributed by atoms with van der Waals surface area (Å²) < 4.78 is 12.5. The zero-order chi connectivity index (χ0) is 14.7. The Kier molecular flexibility index (Phi) is 5.01. The molecule has 1 aromatic heterocycles. The first kappa shape index (κ1) is 15.3. The van der Waals surface area contributed by atoms with Crippen LogP contribution in [0.1, 0.15) is 18.6 Å². The lowest BCUT2D eigenvalue weighted by Gasteiger charge is -2.14. The molecule has 1 N–H and O–H groups in total. The van der Waals surface area contributed by atoms with Crippen LogP contribution in [0, 0.1) is 0 Å². The van der Waals surface area contributed by atoms with E-state index in [0.29, 0.717) is 22.9 Å². The van der Waals surface area contributed by atoms with E-state index in [1.54, 1.807) is 44.5 Å². The van der Waals surface area contributed by atoms with Gasteiger partial charge in [0.2, 0.25) is 5.88 Å². The Balaban J connectivity index is 2.38. The van der Waals surface area contributed by atoms with E-state index >= 15 is 0 Å². The number of pyridine rings is 1. The number of hydrogen-bond acceptors (Lipinski definition) is 4. The maximum atomic E-state index is 9.73. The van der Waals surface area contributed by atoms with Crippen LogP contribution in [0.15, 0.2) is 39.4 Å². The second-order valence-corrected chi connectivity index (χ2v) is 5.80. The molecule has 0 aliphatic carbocycles. The number of aromatic nitrogens is 1. The van der Waals surface area contributed by atoms with Crippen molar-refractivity contribution in [1.29, 1.82) is 0 Å². The lowest BCUT2D eigenvalue weighted by Crippen LogP contribution is -1.98. The Hall–Kier alpha value is -1.11. The van der Waals surface area contributed by atoms with E-state index in [1.807, 2.05) is 0 Å². The molecule has 0 aliphatic rings. The fourth-order valence-electron chi connectivity index (χ4n) is 1.66. The Morgan fingerprint density at radius 1 is 1.20 bits per heavy atom. The number of aliphatic hydroxyl groups excluding tert-OH is 1. The van der Waals surface area contributed by atoms with Gasteiger partial charge in [0.1, 0.15) is 11.5 Å². The highest BCUT2D eigenvalue weighted by Gasteiger charge is 2.14. The Labute approximate surface area is 134 Å². The number of methoxy groups -OCH3 is 1. The van der Waals surface area contributed by atoms with Gasteiger partial charge in [-0.3, -0.25) is 0 Å². The third kappa shape index (κ3) is 3.31. The summed E-state index contributed by atoms with van der Waals surface area (Å²) in [5.74, 6) is 1.65. The van der Waals surface area contributed by atoms with Gasteiger partial charge in [0.15, 0.2) is 0 Å². The summed E-state index contributed by atoms with van der Waals surface area (Å²) in [7, 11) is 1.59. The highest BCUT2D eigenvalue weighted by Crippen LogP contribution is 2.38. The molecule has 0 bridgehead atoms. The van der Waals surface area contributed by atoms with Gasteiger partial charge in [0.05, 0.1) is 22.2 Å². The Bertz CT molecular complexity index is 617. The van der Waals surface area contributed by atoms with Crippen LogP contribution in [0.5, 0.6) is 17.4 Å². The number of ether oxygens (including phenoxy) is 2. The van der Waals surface area contributed by atoms with Crippen molar-refractivity contribution >= 4 is 31.9 Å². The summed E-state index contributed by atoms with van der Waals surface area (Å²) in [5.41, 5.74) is 0.631. The van der Waals surface area contributed by atoms with E-state index in [-0.39, 0.29) is 0 Å². The summed E-state index contributed by atoms with van der Waals surface area (Å²) in [5, 5.41) is 9.73. The minimum Gasteiger partial charge on any atom is -0.496 e. The maximum Gasteiger partial charge on any atom is 0.225 e. The van der Waals surface area contributed by atoms with Crippen LogP contribution in [-0.2, 0) is 0 Å². The van der Waals surface area contributed by atoms with Gasteiger partial charge in [-0.05, 0) is 63.0 Å². The SMILES string of the molecule is COc1cc(Br)c(Oc2ncccc2[C@H](C)O)cc1Br. The first-order chi connectivity index (χ1) is 9.52. The van der Waals surface area contributed by atoms with Gasteiger partial charge in [-0.25, -0.2) is 4.98 Å². The number of benzene rings is 1. The van der Waals surface area contributed by atoms with Crippen LogP contribution in [0.2, 0.25) is 0 Å². The molecular weight excluding hydrogens is 390 g/mol. The van der Waals surface area contributed by atoms with E-state index in [1.165, 1.54) is 0 Å². The van der Waals surface area contributed by atoms with E-state index in [2.05, 4.69) is 36.8 Å². The largest absolute Gasteiger partial charge is 0.496 e. The second-order valence-electron chi connectivity index (χ2n) is 4.09. The molecule has 0 spiro atoms. The van der Waals surface area contributed by atoms with Crippen LogP contribution < -0.4 is 9.47 Å². The summed E-state index contributed by atoms with van der Waals surface area (Å²) in [6, 6.07) is 7.11. The number of nitrogens with zero attached hydrogens (tertiary/aromatic N) is 1. The molecule has 20 heavy (non-hydrogen) atoms. The molecule has 1 atom stereocenters.